The van der Waals surface area contributed by atoms with Crippen LogP contribution in [0.5, 0.6) is 0 Å². The van der Waals surface area contributed by atoms with Crippen LogP contribution >= 0.6 is 47.3 Å². The third kappa shape index (κ3) is 6.88. The van der Waals surface area contributed by atoms with Gasteiger partial charge in [0, 0.05) is 50.5 Å². The summed E-state index contributed by atoms with van der Waals surface area (Å²) in [5, 5.41) is 4.29. The summed E-state index contributed by atoms with van der Waals surface area (Å²) in [6.07, 6.45) is 4.61. The molecule has 1 fully saturated rings. The number of nitrogens with one attached hydrogen (secondary N) is 1. The summed E-state index contributed by atoms with van der Waals surface area (Å²) in [7, 11) is 1.87. The van der Waals surface area contributed by atoms with E-state index in [4.69, 9.17) is 11.6 Å². The van der Waals surface area contributed by atoms with E-state index in [1.165, 1.54) is 24.3 Å². The first-order valence-corrected chi connectivity index (χ1v) is 9.97. The number of piperazine rings is 1. The van der Waals surface area contributed by atoms with Gasteiger partial charge in [-0.25, -0.2) is 0 Å². The lowest BCUT2D eigenvalue weighted by Crippen LogP contribution is -2.52. The highest BCUT2D eigenvalue weighted by Gasteiger charge is 2.19. The molecule has 0 aliphatic carbocycles. The molecule has 1 aliphatic heterocycles. The molecule has 0 unspecified atom stereocenters. The number of thioether (sulfide) groups is 1. The SMILES string of the molecule is CN=C(NCCCCSC)N1CCN(c2cccc(Cl)c2)CC1.I. The molecule has 24 heavy (non-hydrogen) atoms. The Labute approximate surface area is 172 Å². The number of hydrogen-bond acceptors (Lipinski definition) is 3. The fraction of sp³-hybridized carbons (Fsp3) is 0.588. The largest absolute Gasteiger partial charge is 0.368 e. The molecule has 0 aromatic heterocycles. The Kier molecular flexibility index (Phi) is 10.9. The molecule has 0 bridgehead atoms. The van der Waals surface area contributed by atoms with Gasteiger partial charge in [-0.3, -0.25) is 4.99 Å². The number of hydrogen-bond donors (Lipinski definition) is 1. The van der Waals surface area contributed by atoms with Gasteiger partial charge in [-0.05, 0) is 43.0 Å². The third-order valence-corrected chi connectivity index (χ3v) is 4.95. The van der Waals surface area contributed by atoms with E-state index in [2.05, 4.69) is 32.4 Å². The zero-order valence-corrected chi connectivity index (χ0v) is 18.4. The molecule has 136 valence electrons. The van der Waals surface area contributed by atoms with Gasteiger partial charge in [0.2, 0.25) is 0 Å². The summed E-state index contributed by atoms with van der Waals surface area (Å²) in [5.41, 5.74) is 1.21. The number of anilines is 1. The summed E-state index contributed by atoms with van der Waals surface area (Å²) in [6.45, 7) is 4.96. The fourth-order valence-electron chi connectivity index (χ4n) is 2.75. The monoisotopic (exact) mass is 482 g/mol. The van der Waals surface area contributed by atoms with Crippen molar-refractivity contribution in [3.05, 3.63) is 29.3 Å². The summed E-state index contributed by atoms with van der Waals surface area (Å²) in [5.74, 6) is 2.26. The van der Waals surface area contributed by atoms with Gasteiger partial charge in [0.1, 0.15) is 0 Å². The van der Waals surface area contributed by atoms with Crippen LogP contribution < -0.4 is 10.2 Å². The van der Waals surface area contributed by atoms with Crippen LogP contribution in [-0.4, -0.2) is 62.6 Å². The second-order valence-corrected chi connectivity index (χ2v) is 7.05. The van der Waals surface area contributed by atoms with Crippen LogP contribution in [-0.2, 0) is 0 Å². The lowest BCUT2D eigenvalue weighted by Gasteiger charge is -2.37. The summed E-state index contributed by atoms with van der Waals surface area (Å²) >= 11 is 8.00. The van der Waals surface area contributed by atoms with Gasteiger partial charge in [-0.1, -0.05) is 17.7 Å². The Morgan fingerprint density at radius 3 is 2.62 bits per heavy atom. The molecule has 1 aromatic carbocycles. The normalized spacial score (nSPS) is 15.2. The van der Waals surface area contributed by atoms with E-state index in [9.17, 15) is 0 Å². The Bertz CT molecular complexity index is 507. The molecule has 4 nitrogen and oxygen atoms in total. The smallest absolute Gasteiger partial charge is 0.193 e. The number of nitrogens with zero attached hydrogens (tertiary/aromatic N) is 3. The predicted octanol–water partition coefficient (Wildman–Crippen LogP) is 3.80. The molecular formula is C17H28ClIN4S. The van der Waals surface area contributed by atoms with Crippen LogP contribution in [0, 0.1) is 0 Å². The van der Waals surface area contributed by atoms with Crippen LogP contribution in [0.3, 0.4) is 0 Å². The van der Waals surface area contributed by atoms with E-state index in [1.807, 2.05) is 37.0 Å². The first-order valence-electron chi connectivity index (χ1n) is 8.19. The number of benzene rings is 1. The minimum atomic E-state index is 0. The quantitative estimate of drug-likeness (QED) is 0.289. The minimum absolute atomic E-state index is 0. The lowest BCUT2D eigenvalue weighted by atomic mass is 10.2. The maximum atomic E-state index is 6.09. The first kappa shape index (κ1) is 21.7. The highest BCUT2D eigenvalue weighted by atomic mass is 127. The van der Waals surface area contributed by atoms with Gasteiger partial charge < -0.3 is 15.1 Å². The third-order valence-electron chi connectivity index (χ3n) is 4.02. The van der Waals surface area contributed by atoms with Crippen LogP contribution in [0.4, 0.5) is 5.69 Å². The van der Waals surface area contributed by atoms with Gasteiger partial charge >= 0.3 is 0 Å². The molecule has 0 radical (unpaired) electrons. The van der Waals surface area contributed by atoms with Crippen molar-refractivity contribution in [1.29, 1.82) is 0 Å². The van der Waals surface area contributed by atoms with Crippen LogP contribution in [0.2, 0.25) is 5.02 Å². The number of unbranched alkanes of at least 4 members (excludes halogenated alkanes) is 1. The van der Waals surface area contributed by atoms with Gasteiger partial charge in [0.15, 0.2) is 5.96 Å². The van der Waals surface area contributed by atoms with Crippen molar-refractivity contribution >= 4 is 59.0 Å². The second kappa shape index (κ2) is 12.1. The predicted molar refractivity (Wildman–Crippen MR) is 120 cm³/mol. The maximum absolute atomic E-state index is 6.09. The average molecular weight is 483 g/mol. The number of rotatable bonds is 6. The van der Waals surface area contributed by atoms with Crippen molar-refractivity contribution in [2.75, 3.05) is 56.7 Å². The molecule has 1 saturated heterocycles. The Hall–Kier alpha value is -0.340. The molecule has 0 amide bonds. The van der Waals surface area contributed by atoms with Crippen LogP contribution in [0.15, 0.2) is 29.3 Å². The standard InChI is InChI=1S/C17H27ClN4S.HI/c1-19-17(20-8-3-4-13-23-2)22-11-9-21(10-12-22)16-7-5-6-15(18)14-16;/h5-7,14H,3-4,8-13H2,1-2H3,(H,19,20);1H. The van der Waals surface area contributed by atoms with Crippen molar-refractivity contribution in [2.24, 2.45) is 4.99 Å². The first-order chi connectivity index (χ1) is 11.2. The Balaban J connectivity index is 0.00000288. The van der Waals surface area contributed by atoms with E-state index in [0.29, 0.717) is 0 Å². The van der Waals surface area contributed by atoms with E-state index in [1.54, 1.807) is 0 Å². The molecule has 0 atom stereocenters. The summed E-state index contributed by atoms with van der Waals surface area (Å²) < 4.78 is 0. The molecule has 2 rings (SSSR count). The highest BCUT2D eigenvalue weighted by Crippen LogP contribution is 2.20. The van der Waals surface area contributed by atoms with Crippen molar-refractivity contribution < 1.29 is 0 Å². The lowest BCUT2D eigenvalue weighted by molar-refractivity contribution is 0.372. The maximum Gasteiger partial charge on any atom is 0.193 e. The molecule has 1 N–H and O–H groups in total. The average Bonchev–Trinajstić information content (AvgIpc) is 2.58. The molecular weight excluding hydrogens is 455 g/mol. The molecule has 7 heteroatoms. The van der Waals surface area contributed by atoms with Crippen LogP contribution in [0.25, 0.3) is 0 Å². The van der Waals surface area contributed by atoms with Crippen molar-refractivity contribution in [2.45, 2.75) is 12.8 Å². The van der Waals surface area contributed by atoms with Crippen LogP contribution in [0.1, 0.15) is 12.8 Å². The van der Waals surface area contributed by atoms with E-state index >= 15 is 0 Å². The topological polar surface area (TPSA) is 30.9 Å². The number of guanidine groups is 1. The fourth-order valence-corrected chi connectivity index (χ4v) is 3.43. The Morgan fingerprint density at radius 1 is 1.25 bits per heavy atom. The molecule has 0 saturated carbocycles. The number of aliphatic imine (C=N–C) groups is 1. The zero-order valence-electron chi connectivity index (χ0n) is 14.5. The summed E-state index contributed by atoms with van der Waals surface area (Å²) in [4.78, 5) is 9.15. The molecule has 1 heterocycles. The van der Waals surface area contributed by atoms with Crippen molar-refractivity contribution in [3.63, 3.8) is 0 Å². The number of halogens is 2. The molecule has 1 aromatic rings. The summed E-state index contributed by atoms with van der Waals surface area (Å²) in [6, 6.07) is 8.10. The second-order valence-electron chi connectivity index (χ2n) is 5.63. The van der Waals surface area contributed by atoms with Crippen molar-refractivity contribution in [1.82, 2.24) is 10.2 Å². The Morgan fingerprint density at radius 2 is 2.00 bits per heavy atom. The van der Waals surface area contributed by atoms with Gasteiger partial charge in [0.25, 0.3) is 0 Å². The molecule has 1 aliphatic rings. The van der Waals surface area contributed by atoms with Gasteiger partial charge in [-0.2, -0.15) is 11.8 Å². The highest BCUT2D eigenvalue weighted by molar-refractivity contribution is 14.0. The van der Waals surface area contributed by atoms with E-state index < -0.39 is 0 Å². The van der Waals surface area contributed by atoms with E-state index in [-0.39, 0.29) is 24.0 Å². The minimum Gasteiger partial charge on any atom is -0.368 e. The zero-order chi connectivity index (χ0) is 16.5. The van der Waals surface area contributed by atoms with Gasteiger partial charge in [-0.15, -0.1) is 24.0 Å². The van der Waals surface area contributed by atoms with Crippen molar-refractivity contribution in [3.8, 4) is 0 Å². The molecule has 0 spiro atoms. The van der Waals surface area contributed by atoms with Gasteiger partial charge in [0.05, 0.1) is 0 Å². The van der Waals surface area contributed by atoms with E-state index in [0.717, 1.165) is 43.7 Å².